The lowest BCUT2D eigenvalue weighted by atomic mass is 10.1. The van der Waals surface area contributed by atoms with E-state index < -0.39 is 0 Å². The highest BCUT2D eigenvalue weighted by atomic mass is 16.5. The molecule has 0 spiro atoms. The number of rotatable bonds is 5. The molecule has 0 saturated carbocycles. The van der Waals surface area contributed by atoms with E-state index in [9.17, 15) is 4.79 Å². The van der Waals surface area contributed by atoms with Gasteiger partial charge in [0, 0.05) is 5.69 Å². The average molecular weight is 334 g/mol. The first-order valence-corrected chi connectivity index (χ1v) is 8.47. The van der Waals surface area contributed by atoms with E-state index in [0.29, 0.717) is 17.9 Å². The second kappa shape index (κ2) is 7.34. The second-order valence-corrected chi connectivity index (χ2v) is 5.99. The fraction of sp³-hybridized carbons (Fsp3) is 0.238. The molecule has 0 unspecified atom stereocenters. The number of benzene rings is 2. The Morgan fingerprint density at radius 1 is 1.04 bits per heavy atom. The molecule has 4 nitrogen and oxygen atoms in total. The van der Waals surface area contributed by atoms with E-state index in [-0.39, 0.29) is 5.91 Å². The van der Waals surface area contributed by atoms with Crippen molar-refractivity contribution < 1.29 is 9.53 Å². The maximum absolute atomic E-state index is 13.0. The Bertz CT molecular complexity index is 882. The Morgan fingerprint density at radius 3 is 2.40 bits per heavy atom. The van der Waals surface area contributed by atoms with Crippen molar-refractivity contribution in [3.8, 4) is 5.75 Å². The lowest BCUT2D eigenvalue weighted by Crippen LogP contribution is -2.16. The summed E-state index contributed by atoms with van der Waals surface area (Å²) >= 11 is 0. The van der Waals surface area contributed by atoms with Gasteiger partial charge in [-0.2, -0.15) is 5.10 Å². The predicted molar refractivity (Wildman–Crippen MR) is 98.0 cm³/mol. The first-order valence-electron chi connectivity index (χ1n) is 8.47. The summed E-state index contributed by atoms with van der Waals surface area (Å²) in [5, 5.41) is 4.43. The van der Waals surface area contributed by atoms with Crippen molar-refractivity contribution in [1.82, 2.24) is 9.78 Å². The van der Waals surface area contributed by atoms with Crippen LogP contribution in [0.15, 0.2) is 54.6 Å². The first-order chi connectivity index (χ1) is 12.1. The van der Waals surface area contributed by atoms with E-state index >= 15 is 0 Å². The van der Waals surface area contributed by atoms with E-state index in [2.05, 4.69) is 12.0 Å². The van der Waals surface area contributed by atoms with Gasteiger partial charge in [-0.3, -0.25) is 4.79 Å². The summed E-state index contributed by atoms with van der Waals surface area (Å²) in [6.45, 7) is 6.36. The number of para-hydroxylation sites is 1. The van der Waals surface area contributed by atoms with E-state index in [4.69, 9.17) is 4.74 Å². The highest BCUT2D eigenvalue weighted by molar-refractivity contribution is 5.98. The highest BCUT2D eigenvalue weighted by Crippen LogP contribution is 2.22. The quantitative estimate of drug-likeness (QED) is 0.697. The van der Waals surface area contributed by atoms with Crippen LogP contribution in [0.2, 0.25) is 0 Å². The average Bonchev–Trinajstić information content (AvgIpc) is 2.94. The molecule has 0 radical (unpaired) electrons. The molecule has 0 aliphatic rings. The van der Waals surface area contributed by atoms with Gasteiger partial charge in [0.25, 0.3) is 5.91 Å². The number of aromatic nitrogens is 2. The summed E-state index contributed by atoms with van der Waals surface area (Å²) in [5.41, 5.74) is 4.49. The highest BCUT2D eigenvalue weighted by Gasteiger charge is 2.20. The van der Waals surface area contributed by atoms with Crippen molar-refractivity contribution >= 4 is 5.91 Å². The molecule has 25 heavy (non-hydrogen) atoms. The molecule has 3 aromatic rings. The van der Waals surface area contributed by atoms with Gasteiger partial charge in [0.2, 0.25) is 0 Å². The van der Waals surface area contributed by atoms with E-state index in [1.54, 1.807) is 6.07 Å². The zero-order valence-corrected chi connectivity index (χ0v) is 14.8. The third kappa shape index (κ3) is 3.48. The van der Waals surface area contributed by atoms with Gasteiger partial charge in [-0.15, -0.1) is 0 Å². The molecule has 1 aromatic heterocycles. The predicted octanol–water partition coefficient (Wildman–Crippen LogP) is 4.33. The van der Waals surface area contributed by atoms with Crippen molar-refractivity contribution in [3.63, 3.8) is 0 Å². The van der Waals surface area contributed by atoms with Gasteiger partial charge in [0.15, 0.2) is 0 Å². The number of hydrogen-bond donors (Lipinski definition) is 0. The zero-order valence-electron chi connectivity index (χ0n) is 14.8. The number of hydrogen-bond acceptors (Lipinski definition) is 3. The van der Waals surface area contributed by atoms with Crippen molar-refractivity contribution in [2.45, 2.75) is 33.8 Å². The fourth-order valence-corrected chi connectivity index (χ4v) is 3.00. The molecular weight excluding hydrogens is 312 g/mol. The molecule has 3 rings (SSSR count). The Morgan fingerprint density at radius 2 is 1.72 bits per heavy atom. The molecule has 0 bridgehead atoms. The second-order valence-electron chi connectivity index (χ2n) is 5.99. The van der Waals surface area contributed by atoms with Crippen LogP contribution in [0.4, 0.5) is 0 Å². The summed E-state index contributed by atoms with van der Waals surface area (Å²) in [5.74, 6) is 0.408. The minimum atomic E-state index is -0.163. The van der Waals surface area contributed by atoms with Crippen molar-refractivity contribution in [2.75, 3.05) is 0 Å². The molecule has 0 aliphatic heterocycles. The van der Waals surface area contributed by atoms with Crippen molar-refractivity contribution in [1.29, 1.82) is 0 Å². The molecule has 0 N–H and O–H groups in total. The summed E-state index contributed by atoms with van der Waals surface area (Å²) in [6, 6.07) is 17.2. The Kier molecular flexibility index (Phi) is 4.98. The van der Waals surface area contributed by atoms with Crippen LogP contribution >= 0.6 is 0 Å². The number of ether oxygens (including phenoxy) is 1. The maximum atomic E-state index is 13.0. The molecule has 4 heteroatoms. The molecule has 0 saturated heterocycles. The Labute approximate surface area is 148 Å². The van der Waals surface area contributed by atoms with E-state index in [1.165, 1.54) is 4.68 Å². The van der Waals surface area contributed by atoms with Crippen LogP contribution in [-0.2, 0) is 13.0 Å². The molecular formula is C21H22N2O2. The van der Waals surface area contributed by atoms with Gasteiger partial charge in [0.1, 0.15) is 12.4 Å². The van der Waals surface area contributed by atoms with Gasteiger partial charge >= 0.3 is 0 Å². The topological polar surface area (TPSA) is 44.1 Å². The Hall–Kier alpha value is -2.88. The summed E-state index contributed by atoms with van der Waals surface area (Å²) in [7, 11) is 0. The van der Waals surface area contributed by atoms with Crippen LogP contribution in [0.3, 0.4) is 0 Å². The third-order valence-electron chi connectivity index (χ3n) is 4.34. The Balaban J connectivity index is 1.89. The van der Waals surface area contributed by atoms with Gasteiger partial charge in [-0.25, -0.2) is 4.68 Å². The van der Waals surface area contributed by atoms with Crippen LogP contribution in [0.1, 0.15) is 39.8 Å². The largest absolute Gasteiger partial charge is 0.488 e. The number of aryl methyl sites for hydroxylation is 1. The lowest BCUT2D eigenvalue weighted by Gasteiger charge is -2.11. The van der Waals surface area contributed by atoms with Gasteiger partial charge < -0.3 is 4.74 Å². The van der Waals surface area contributed by atoms with E-state index in [0.717, 1.165) is 28.9 Å². The molecule has 128 valence electrons. The first kappa shape index (κ1) is 17.0. The normalized spacial score (nSPS) is 10.7. The SMILES string of the molecule is CCc1c(C)nn(C(=O)c2ccccc2OCc2ccccc2)c1C. The van der Waals surface area contributed by atoms with E-state index in [1.807, 2.05) is 62.4 Å². The standard InChI is InChI=1S/C21H22N2O2/c1-4-18-15(2)22-23(16(18)3)21(24)19-12-8-9-13-20(19)25-14-17-10-6-5-7-11-17/h5-13H,4,14H2,1-3H3. The van der Waals surface area contributed by atoms with Crippen molar-refractivity contribution in [2.24, 2.45) is 0 Å². The summed E-state index contributed by atoms with van der Waals surface area (Å²) in [6.07, 6.45) is 0.858. The molecule has 0 aliphatic carbocycles. The number of carbonyl (C=O) groups excluding carboxylic acids is 1. The smallest absolute Gasteiger partial charge is 0.282 e. The van der Waals surface area contributed by atoms with Crippen LogP contribution < -0.4 is 4.74 Å². The maximum Gasteiger partial charge on any atom is 0.282 e. The molecule has 0 amide bonds. The summed E-state index contributed by atoms with van der Waals surface area (Å²) < 4.78 is 7.39. The molecule has 1 heterocycles. The summed E-state index contributed by atoms with van der Waals surface area (Å²) in [4.78, 5) is 13.0. The zero-order chi connectivity index (χ0) is 17.8. The van der Waals surface area contributed by atoms with Crippen molar-refractivity contribution in [3.05, 3.63) is 82.7 Å². The van der Waals surface area contributed by atoms with Gasteiger partial charge in [-0.1, -0.05) is 49.4 Å². The van der Waals surface area contributed by atoms with Gasteiger partial charge in [-0.05, 0) is 43.5 Å². The number of nitrogens with zero attached hydrogens (tertiary/aromatic N) is 2. The minimum absolute atomic E-state index is 0.163. The van der Waals surface area contributed by atoms with Gasteiger partial charge in [0.05, 0.1) is 11.3 Å². The lowest BCUT2D eigenvalue weighted by molar-refractivity contribution is 0.0937. The van der Waals surface area contributed by atoms with Crippen LogP contribution in [-0.4, -0.2) is 15.7 Å². The van der Waals surface area contributed by atoms with Crippen LogP contribution in [0.5, 0.6) is 5.75 Å². The third-order valence-corrected chi connectivity index (χ3v) is 4.34. The van der Waals surface area contributed by atoms with Crippen LogP contribution in [0, 0.1) is 13.8 Å². The molecule has 2 aromatic carbocycles. The number of carbonyl (C=O) groups is 1. The molecule has 0 fully saturated rings. The fourth-order valence-electron chi connectivity index (χ4n) is 3.00. The monoisotopic (exact) mass is 334 g/mol. The minimum Gasteiger partial charge on any atom is -0.488 e. The van der Waals surface area contributed by atoms with Crippen LogP contribution in [0.25, 0.3) is 0 Å². The molecule has 0 atom stereocenters.